The van der Waals surface area contributed by atoms with E-state index < -0.39 is 4.92 Å². The molecule has 0 unspecified atom stereocenters. The summed E-state index contributed by atoms with van der Waals surface area (Å²) in [5, 5.41) is 14.9. The number of anilines is 1. The number of hydrogen-bond acceptors (Lipinski definition) is 3. The molecule has 20 heavy (non-hydrogen) atoms. The fraction of sp³-hybridized carbons (Fsp3) is 0.143. The van der Waals surface area contributed by atoms with E-state index in [0.717, 1.165) is 11.1 Å². The topological polar surface area (TPSA) is 55.2 Å². The average Bonchev–Trinajstić information content (AvgIpc) is 2.40. The quantitative estimate of drug-likeness (QED) is 0.650. The fourth-order valence-electron chi connectivity index (χ4n) is 1.83. The van der Waals surface area contributed by atoms with Crippen molar-refractivity contribution in [3.05, 3.63) is 67.7 Å². The lowest BCUT2D eigenvalue weighted by atomic mass is 10.1. The Morgan fingerprint density at radius 2 is 2.00 bits per heavy atom. The first kappa shape index (κ1) is 14.6. The van der Waals surface area contributed by atoms with Crippen molar-refractivity contribution in [2.75, 3.05) is 5.32 Å². The predicted octanol–water partition coefficient (Wildman–Crippen LogP) is 4.82. The van der Waals surface area contributed by atoms with Gasteiger partial charge in [-0.2, -0.15) is 0 Å². The van der Waals surface area contributed by atoms with E-state index in [0.29, 0.717) is 22.3 Å². The largest absolute Gasteiger partial charge is 0.375 e. The van der Waals surface area contributed by atoms with Crippen molar-refractivity contribution >= 4 is 34.6 Å². The van der Waals surface area contributed by atoms with E-state index in [1.54, 1.807) is 24.3 Å². The highest BCUT2D eigenvalue weighted by atomic mass is 35.5. The van der Waals surface area contributed by atoms with Gasteiger partial charge in [0, 0.05) is 12.6 Å². The van der Waals surface area contributed by atoms with Crippen molar-refractivity contribution in [2.45, 2.75) is 13.5 Å². The molecule has 0 bridgehead atoms. The maximum Gasteiger partial charge on any atom is 0.292 e. The van der Waals surface area contributed by atoms with Gasteiger partial charge in [-0.05, 0) is 30.2 Å². The Hall–Kier alpha value is -1.78. The predicted molar refractivity (Wildman–Crippen MR) is 81.6 cm³/mol. The van der Waals surface area contributed by atoms with Gasteiger partial charge in [0.2, 0.25) is 0 Å². The highest BCUT2D eigenvalue weighted by Crippen LogP contribution is 2.29. The van der Waals surface area contributed by atoms with E-state index in [1.807, 2.05) is 13.0 Å². The second-order valence-corrected chi connectivity index (χ2v) is 5.13. The van der Waals surface area contributed by atoms with Crippen molar-refractivity contribution in [2.24, 2.45) is 0 Å². The molecule has 0 fully saturated rings. The molecule has 0 heterocycles. The summed E-state index contributed by atoms with van der Waals surface area (Å²) in [6, 6.07) is 10.2. The van der Waals surface area contributed by atoms with Gasteiger partial charge in [-0.25, -0.2) is 0 Å². The number of rotatable bonds is 4. The van der Waals surface area contributed by atoms with Crippen molar-refractivity contribution in [1.82, 2.24) is 0 Å². The van der Waals surface area contributed by atoms with E-state index in [9.17, 15) is 10.1 Å². The minimum atomic E-state index is -0.415. The molecule has 0 aromatic heterocycles. The van der Waals surface area contributed by atoms with Crippen molar-refractivity contribution < 1.29 is 4.92 Å². The Kier molecular flexibility index (Phi) is 4.47. The van der Waals surface area contributed by atoms with Crippen LogP contribution in [0.3, 0.4) is 0 Å². The molecule has 2 aromatic carbocycles. The Morgan fingerprint density at radius 3 is 2.70 bits per heavy atom. The van der Waals surface area contributed by atoms with Crippen LogP contribution in [0.5, 0.6) is 0 Å². The lowest BCUT2D eigenvalue weighted by molar-refractivity contribution is -0.384. The first-order valence-electron chi connectivity index (χ1n) is 5.91. The van der Waals surface area contributed by atoms with Gasteiger partial charge < -0.3 is 5.32 Å². The maximum atomic E-state index is 11.0. The molecule has 0 atom stereocenters. The van der Waals surface area contributed by atoms with E-state index in [1.165, 1.54) is 6.07 Å². The number of benzene rings is 2. The van der Waals surface area contributed by atoms with Gasteiger partial charge in [0.15, 0.2) is 0 Å². The Labute approximate surface area is 126 Å². The monoisotopic (exact) mass is 310 g/mol. The molecule has 6 heteroatoms. The summed E-state index contributed by atoms with van der Waals surface area (Å²) in [6.07, 6.45) is 0. The second kappa shape index (κ2) is 6.11. The number of nitrogens with one attached hydrogen (secondary N) is 1. The number of nitrogens with zero attached hydrogens (tertiary/aromatic N) is 1. The molecule has 0 aliphatic carbocycles. The lowest BCUT2D eigenvalue weighted by Gasteiger charge is -2.10. The molecule has 0 aliphatic rings. The van der Waals surface area contributed by atoms with Crippen LogP contribution < -0.4 is 5.32 Å². The van der Waals surface area contributed by atoms with Gasteiger partial charge in [0.05, 0.1) is 15.0 Å². The van der Waals surface area contributed by atoms with Crippen LogP contribution in [0.2, 0.25) is 10.0 Å². The Balaban J connectivity index is 2.24. The van der Waals surface area contributed by atoms with E-state index in [2.05, 4.69) is 5.32 Å². The lowest BCUT2D eigenvalue weighted by Crippen LogP contribution is -2.03. The molecule has 0 saturated heterocycles. The van der Waals surface area contributed by atoms with Gasteiger partial charge in [-0.1, -0.05) is 41.4 Å². The van der Waals surface area contributed by atoms with Gasteiger partial charge in [0.1, 0.15) is 5.69 Å². The molecule has 2 aromatic rings. The minimum Gasteiger partial charge on any atom is -0.375 e. The van der Waals surface area contributed by atoms with Gasteiger partial charge in [-0.15, -0.1) is 0 Å². The summed E-state index contributed by atoms with van der Waals surface area (Å²) in [6.45, 7) is 2.24. The third kappa shape index (κ3) is 3.21. The van der Waals surface area contributed by atoms with E-state index in [-0.39, 0.29) is 5.69 Å². The van der Waals surface area contributed by atoms with E-state index >= 15 is 0 Å². The maximum absolute atomic E-state index is 11.0. The zero-order valence-electron chi connectivity index (χ0n) is 10.7. The number of nitro benzene ring substituents is 1. The molecule has 104 valence electrons. The second-order valence-electron chi connectivity index (χ2n) is 4.34. The first-order chi connectivity index (χ1) is 9.49. The van der Waals surface area contributed by atoms with Gasteiger partial charge in [0.25, 0.3) is 5.69 Å². The summed E-state index contributed by atoms with van der Waals surface area (Å²) in [5.74, 6) is 0. The molecule has 0 spiro atoms. The molecule has 4 nitrogen and oxygen atoms in total. The summed E-state index contributed by atoms with van der Waals surface area (Å²) in [4.78, 5) is 10.6. The molecule has 1 N–H and O–H groups in total. The summed E-state index contributed by atoms with van der Waals surface area (Å²) in [7, 11) is 0. The van der Waals surface area contributed by atoms with Crippen LogP contribution in [0.25, 0.3) is 0 Å². The highest BCUT2D eigenvalue weighted by Gasteiger charge is 2.13. The normalized spacial score (nSPS) is 10.3. The summed E-state index contributed by atoms with van der Waals surface area (Å²) < 4.78 is 0. The average molecular weight is 311 g/mol. The fourth-order valence-corrected chi connectivity index (χ4v) is 2.21. The van der Waals surface area contributed by atoms with Crippen LogP contribution in [-0.2, 0) is 6.54 Å². The molecule has 0 radical (unpaired) electrons. The van der Waals surface area contributed by atoms with Crippen molar-refractivity contribution in [1.29, 1.82) is 0 Å². The van der Waals surface area contributed by atoms with Gasteiger partial charge in [-0.3, -0.25) is 10.1 Å². The Morgan fingerprint density at radius 1 is 1.25 bits per heavy atom. The highest BCUT2D eigenvalue weighted by molar-refractivity contribution is 6.42. The molecular formula is C14H12Cl2N2O2. The third-order valence-corrected chi connectivity index (χ3v) is 3.71. The smallest absolute Gasteiger partial charge is 0.292 e. The van der Waals surface area contributed by atoms with Crippen molar-refractivity contribution in [3.63, 3.8) is 0 Å². The standard InChI is InChI=1S/C14H12Cl2N2O2/c1-9-5-6-13(18(19)20)12(7-9)17-8-10-3-2-4-11(15)14(10)16/h2-7,17H,8H2,1H3. The molecule has 2 rings (SSSR count). The van der Waals surface area contributed by atoms with Crippen LogP contribution >= 0.6 is 23.2 Å². The minimum absolute atomic E-state index is 0.0359. The molecule has 0 saturated carbocycles. The summed E-state index contributed by atoms with van der Waals surface area (Å²) >= 11 is 12.0. The van der Waals surface area contributed by atoms with Crippen LogP contribution in [0, 0.1) is 17.0 Å². The molecular weight excluding hydrogens is 299 g/mol. The van der Waals surface area contributed by atoms with Crippen LogP contribution in [0.1, 0.15) is 11.1 Å². The number of nitro groups is 1. The SMILES string of the molecule is Cc1ccc([N+](=O)[O-])c(NCc2cccc(Cl)c2Cl)c1. The number of aryl methyl sites for hydroxylation is 1. The third-order valence-electron chi connectivity index (χ3n) is 2.85. The van der Waals surface area contributed by atoms with E-state index in [4.69, 9.17) is 23.2 Å². The van der Waals surface area contributed by atoms with Crippen LogP contribution in [-0.4, -0.2) is 4.92 Å². The van der Waals surface area contributed by atoms with Crippen LogP contribution in [0.4, 0.5) is 11.4 Å². The molecule has 0 amide bonds. The molecule has 0 aliphatic heterocycles. The van der Waals surface area contributed by atoms with Crippen LogP contribution in [0.15, 0.2) is 36.4 Å². The summed E-state index contributed by atoms with van der Waals surface area (Å²) in [5.41, 5.74) is 2.23. The van der Waals surface area contributed by atoms with Crippen molar-refractivity contribution in [3.8, 4) is 0 Å². The Bertz CT molecular complexity index is 660. The number of hydrogen-bond donors (Lipinski definition) is 1. The van der Waals surface area contributed by atoms with Gasteiger partial charge >= 0.3 is 0 Å². The zero-order chi connectivity index (χ0) is 14.7. The number of halogens is 2. The zero-order valence-corrected chi connectivity index (χ0v) is 12.2. The first-order valence-corrected chi connectivity index (χ1v) is 6.66.